The number of anilines is 2. The Morgan fingerprint density at radius 3 is 2.30 bits per heavy atom. The van der Waals surface area contributed by atoms with Gasteiger partial charge in [0.1, 0.15) is 16.8 Å². The van der Waals surface area contributed by atoms with E-state index in [1.165, 1.54) is 0 Å². The van der Waals surface area contributed by atoms with Crippen LogP contribution in [0.15, 0.2) is 24.3 Å². The summed E-state index contributed by atoms with van der Waals surface area (Å²) in [7, 11) is 1.66. The fourth-order valence-corrected chi connectivity index (χ4v) is 3.20. The number of nitrogens with zero attached hydrogens (tertiary/aromatic N) is 4. The van der Waals surface area contributed by atoms with E-state index < -0.39 is 6.10 Å². The monoisotopic (exact) mass is 412 g/mol. The average molecular weight is 413 g/mol. The summed E-state index contributed by atoms with van der Waals surface area (Å²) in [5.41, 5.74) is 3.78. The SMILES string of the molecule is COc1ccc(CNc2nc(NCC(C)O)nc3c(C(C)C)nn(C(C)C)c23)cc1. The predicted octanol–water partition coefficient (Wildman–Crippen LogP) is 3.94. The molecule has 1 unspecified atom stereocenters. The van der Waals surface area contributed by atoms with E-state index in [9.17, 15) is 5.11 Å². The molecule has 30 heavy (non-hydrogen) atoms. The van der Waals surface area contributed by atoms with Crippen molar-refractivity contribution in [3.05, 3.63) is 35.5 Å². The van der Waals surface area contributed by atoms with Gasteiger partial charge in [-0.15, -0.1) is 0 Å². The fourth-order valence-electron chi connectivity index (χ4n) is 3.20. The Balaban J connectivity index is 2.03. The minimum atomic E-state index is -0.497. The average Bonchev–Trinajstić information content (AvgIpc) is 3.11. The highest BCUT2D eigenvalue weighted by Crippen LogP contribution is 2.31. The first-order valence-corrected chi connectivity index (χ1v) is 10.4. The van der Waals surface area contributed by atoms with Gasteiger partial charge >= 0.3 is 0 Å². The number of aromatic nitrogens is 4. The summed E-state index contributed by atoms with van der Waals surface area (Å²) in [4.78, 5) is 9.44. The van der Waals surface area contributed by atoms with Crippen molar-refractivity contribution in [2.45, 2.75) is 59.2 Å². The van der Waals surface area contributed by atoms with Gasteiger partial charge in [-0.25, -0.2) is 4.98 Å². The van der Waals surface area contributed by atoms with Gasteiger partial charge in [-0.05, 0) is 44.4 Å². The molecule has 3 N–H and O–H groups in total. The third kappa shape index (κ3) is 4.81. The van der Waals surface area contributed by atoms with Gasteiger partial charge in [-0.1, -0.05) is 26.0 Å². The second-order valence-corrected chi connectivity index (χ2v) is 8.10. The third-order valence-electron chi connectivity index (χ3n) is 4.78. The summed E-state index contributed by atoms with van der Waals surface area (Å²) in [5.74, 6) is 2.25. The molecule has 8 nitrogen and oxygen atoms in total. The molecule has 3 aromatic rings. The van der Waals surface area contributed by atoms with Gasteiger partial charge in [-0.3, -0.25) is 4.68 Å². The van der Waals surface area contributed by atoms with E-state index in [0.29, 0.717) is 19.0 Å². The summed E-state index contributed by atoms with van der Waals surface area (Å²) in [6, 6.07) is 8.10. The maximum absolute atomic E-state index is 9.65. The fraction of sp³-hybridized carbons (Fsp3) is 0.500. The lowest BCUT2D eigenvalue weighted by molar-refractivity contribution is 0.208. The largest absolute Gasteiger partial charge is 0.497 e. The lowest BCUT2D eigenvalue weighted by Crippen LogP contribution is -2.17. The first kappa shape index (κ1) is 21.8. The number of hydrogen-bond donors (Lipinski definition) is 3. The number of rotatable bonds is 9. The van der Waals surface area contributed by atoms with Gasteiger partial charge in [0.25, 0.3) is 0 Å². The summed E-state index contributed by atoms with van der Waals surface area (Å²) in [6.45, 7) is 11.1. The first-order valence-electron chi connectivity index (χ1n) is 10.4. The van der Waals surface area contributed by atoms with E-state index in [1.807, 2.05) is 28.9 Å². The number of hydrogen-bond acceptors (Lipinski definition) is 7. The van der Waals surface area contributed by atoms with Crippen LogP contribution >= 0.6 is 0 Å². The lowest BCUT2D eigenvalue weighted by atomic mass is 10.1. The molecule has 8 heteroatoms. The predicted molar refractivity (Wildman–Crippen MR) is 120 cm³/mol. The quantitative estimate of drug-likeness (QED) is 0.490. The van der Waals surface area contributed by atoms with Crippen molar-refractivity contribution in [2.24, 2.45) is 0 Å². The van der Waals surface area contributed by atoms with Crippen molar-refractivity contribution >= 4 is 22.8 Å². The zero-order chi connectivity index (χ0) is 21.8. The molecule has 0 aliphatic carbocycles. The molecule has 0 aliphatic heterocycles. The maximum atomic E-state index is 9.65. The number of aliphatic hydroxyl groups excluding tert-OH is 1. The van der Waals surface area contributed by atoms with Crippen molar-refractivity contribution in [3.63, 3.8) is 0 Å². The van der Waals surface area contributed by atoms with Gasteiger partial charge < -0.3 is 20.5 Å². The number of fused-ring (bicyclic) bond motifs is 1. The van der Waals surface area contributed by atoms with Gasteiger partial charge in [0.15, 0.2) is 5.82 Å². The Hall–Kier alpha value is -2.87. The molecule has 0 bridgehead atoms. The van der Waals surface area contributed by atoms with E-state index in [1.54, 1.807) is 14.0 Å². The Morgan fingerprint density at radius 2 is 1.73 bits per heavy atom. The summed E-state index contributed by atoms with van der Waals surface area (Å²) in [5, 5.41) is 21.1. The second kappa shape index (κ2) is 9.30. The highest BCUT2D eigenvalue weighted by Gasteiger charge is 2.22. The molecule has 2 heterocycles. The zero-order valence-electron chi connectivity index (χ0n) is 18.6. The Bertz CT molecular complexity index is 979. The maximum Gasteiger partial charge on any atom is 0.225 e. The first-order chi connectivity index (χ1) is 14.3. The Kier molecular flexibility index (Phi) is 6.77. The molecule has 162 valence electrons. The van der Waals surface area contributed by atoms with Crippen LogP contribution in [0.3, 0.4) is 0 Å². The van der Waals surface area contributed by atoms with Crippen LogP contribution in [0, 0.1) is 0 Å². The topological polar surface area (TPSA) is 97.1 Å². The van der Waals surface area contributed by atoms with Crippen LogP contribution in [-0.4, -0.2) is 44.6 Å². The molecule has 0 spiro atoms. The van der Waals surface area contributed by atoms with Crippen molar-refractivity contribution in [2.75, 3.05) is 24.3 Å². The smallest absolute Gasteiger partial charge is 0.225 e. The van der Waals surface area contributed by atoms with Gasteiger partial charge in [0, 0.05) is 19.1 Å². The number of aliphatic hydroxyl groups is 1. The molecule has 1 atom stereocenters. The van der Waals surface area contributed by atoms with Crippen molar-refractivity contribution in [3.8, 4) is 5.75 Å². The number of benzene rings is 1. The standard InChI is InChI=1S/C22H32N6O2/c1-13(2)18-19-20(28(27-18)14(3)4)21(26-22(25-19)24-11-15(5)29)23-12-16-7-9-17(30-6)10-8-16/h7-10,13-15,29H,11-12H2,1-6H3,(H2,23,24,25,26). The van der Waals surface area contributed by atoms with E-state index >= 15 is 0 Å². The molecule has 0 fully saturated rings. The summed E-state index contributed by atoms with van der Waals surface area (Å²) >= 11 is 0. The van der Waals surface area contributed by atoms with E-state index in [0.717, 1.165) is 33.9 Å². The molecule has 0 aliphatic rings. The highest BCUT2D eigenvalue weighted by molar-refractivity contribution is 5.89. The summed E-state index contributed by atoms with van der Waals surface area (Å²) in [6.07, 6.45) is -0.497. The van der Waals surface area contributed by atoms with E-state index in [4.69, 9.17) is 19.8 Å². The molecule has 2 aromatic heterocycles. The van der Waals surface area contributed by atoms with Gasteiger partial charge in [-0.2, -0.15) is 10.1 Å². The minimum absolute atomic E-state index is 0.168. The normalized spacial score (nSPS) is 12.6. The molecule has 1 aromatic carbocycles. The molecule has 0 saturated carbocycles. The van der Waals surface area contributed by atoms with Gasteiger partial charge in [0.2, 0.25) is 5.95 Å². The summed E-state index contributed by atoms with van der Waals surface area (Å²) < 4.78 is 7.22. The van der Waals surface area contributed by atoms with Crippen LogP contribution in [0.4, 0.5) is 11.8 Å². The highest BCUT2D eigenvalue weighted by atomic mass is 16.5. The molecular formula is C22H32N6O2. The van der Waals surface area contributed by atoms with Gasteiger partial charge in [0.05, 0.1) is 18.9 Å². The van der Waals surface area contributed by atoms with Crippen LogP contribution in [0.5, 0.6) is 5.75 Å². The van der Waals surface area contributed by atoms with Crippen molar-refractivity contribution < 1.29 is 9.84 Å². The number of ether oxygens (including phenoxy) is 1. The Labute approximate surface area is 177 Å². The van der Waals surface area contributed by atoms with Crippen LogP contribution in [-0.2, 0) is 6.54 Å². The molecule has 0 amide bonds. The lowest BCUT2D eigenvalue weighted by Gasteiger charge is -2.14. The van der Waals surface area contributed by atoms with Crippen LogP contribution < -0.4 is 15.4 Å². The number of methoxy groups -OCH3 is 1. The van der Waals surface area contributed by atoms with E-state index in [2.05, 4.69) is 38.3 Å². The second-order valence-electron chi connectivity index (χ2n) is 8.10. The van der Waals surface area contributed by atoms with Crippen molar-refractivity contribution in [1.29, 1.82) is 0 Å². The molecular weight excluding hydrogens is 380 g/mol. The number of nitrogens with one attached hydrogen (secondary N) is 2. The van der Waals surface area contributed by atoms with E-state index in [-0.39, 0.29) is 12.0 Å². The Morgan fingerprint density at radius 1 is 1.03 bits per heavy atom. The molecule has 0 radical (unpaired) electrons. The third-order valence-corrected chi connectivity index (χ3v) is 4.78. The minimum Gasteiger partial charge on any atom is -0.497 e. The van der Waals surface area contributed by atoms with Crippen LogP contribution in [0.2, 0.25) is 0 Å². The van der Waals surface area contributed by atoms with Crippen LogP contribution in [0.1, 0.15) is 57.8 Å². The zero-order valence-corrected chi connectivity index (χ0v) is 18.6. The molecule has 3 rings (SSSR count). The van der Waals surface area contributed by atoms with Crippen LogP contribution in [0.25, 0.3) is 11.0 Å². The van der Waals surface area contributed by atoms with Crippen molar-refractivity contribution in [1.82, 2.24) is 19.7 Å². The molecule has 0 saturated heterocycles.